The largest absolute Gasteiger partial charge is 0.375 e. The standard InChI is InChI=1S/C22H38F2O2/c1-3-5-7-8-17-9-11-18(12-10-17)16-26-20-14-13-19(21(23)22(20)24)25-15-6-4-2/h3,5,17-22H,4,6-16H2,1-2H3/b5-3+. The number of halogens is 2. The second-order valence-corrected chi connectivity index (χ2v) is 8.13. The second kappa shape index (κ2) is 12.1. The molecule has 0 amide bonds. The fraction of sp³-hybridized carbons (Fsp3) is 0.909. The minimum absolute atomic E-state index is 0.511. The average molecular weight is 373 g/mol. The summed E-state index contributed by atoms with van der Waals surface area (Å²) in [6, 6.07) is 0. The van der Waals surface area contributed by atoms with Gasteiger partial charge in [-0.15, -0.1) is 0 Å². The van der Waals surface area contributed by atoms with Crippen LogP contribution in [0.3, 0.4) is 0 Å². The number of ether oxygens (including phenoxy) is 2. The van der Waals surface area contributed by atoms with E-state index in [2.05, 4.69) is 26.0 Å². The number of unbranched alkanes of at least 4 members (excludes halogenated alkanes) is 1. The molecule has 0 heterocycles. The van der Waals surface area contributed by atoms with Crippen LogP contribution < -0.4 is 0 Å². The molecule has 4 atom stereocenters. The molecule has 0 aromatic rings. The molecule has 2 saturated carbocycles. The smallest absolute Gasteiger partial charge is 0.160 e. The zero-order valence-electron chi connectivity index (χ0n) is 16.7. The van der Waals surface area contributed by atoms with E-state index in [0.717, 1.165) is 31.6 Å². The minimum Gasteiger partial charge on any atom is -0.375 e. The highest BCUT2D eigenvalue weighted by Gasteiger charge is 2.41. The highest BCUT2D eigenvalue weighted by molar-refractivity contribution is 4.90. The third kappa shape index (κ3) is 6.92. The molecule has 2 nitrogen and oxygen atoms in total. The lowest BCUT2D eigenvalue weighted by molar-refractivity contribution is -0.123. The van der Waals surface area contributed by atoms with Crippen molar-refractivity contribution in [3.8, 4) is 0 Å². The van der Waals surface area contributed by atoms with Gasteiger partial charge in [0.05, 0.1) is 12.2 Å². The SMILES string of the molecule is C/C=C/CCC1CCC(COC2CCC(OCCCC)C(F)C2F)CC1. The van der Waals surface area contributed by atoms with Crippen LogP contribution in [0.15, 0.2) is 12.2 Å². The molecule has 2 aliphatic rings. The highest BCUT2D eigenvalue weighted by atomic mass is 19.2. The van der Waals surface area contributed by atoms with Crippen molar-refractivity contribution in [2.75, 3.05) is 13.2 Å². The number of hydrogen-bond acceptors (Lipinski definition) is 2. The van der Waals surface area contributed by atoms with Crippen molar-refractivity contribution >= 4 is 0 Å². The van der Waals surface area contributed by atoms with Crippen molar-refractivity contribution in [3.05, 3.63) is 12.2 Å². The van der Waals surface area contributed by atoms with Crippen molar-refractivity contribution in [2.24, 2.45) is 11.8 Å². The van der Waals surface area contributed by atoms with E-state index in [1.165, 1.54) is 25.7 Å². The van der Waals surface area contributed by atoms with E-state index >= 15 is 0 Å². The van der Waals surface area contributed by atoms with Crippen LogP contribution in [0.1, 0.15) is 78.1 Å². The van der Waals surface area contributed by atoms with Gasteiger partial charge in [-0.2, -0.15) is 0 Å². The molecule has 2 aliphatic carbocycles. The van der Waals surface area contributed by atoms with Crippen LogP contribution in [0.25, 0.3) is 0 Å². The van der Waals surface area contributed by atoms with Gasteiger partial charge in [-0.25, -0.2) is 8.78 Å². The first kappa shape index (κ1) is 21.8. The molecule has 0 aromatic carbocycles. The van der Waals surface area contributed by atoms with Gasteiger partial charge in [-0.1, -0.05) is 38.3 Å². The molecule has 0 bridgehead atoms. The van der Waals surface area contributed by atoms with Gasteiger partial charge >= 0.3 is 0 Å². The number of rotatable bonds is 10. The Morgan fingerprint density at radius 3 is 2.12 bits per heavy atom. The zero-order valence-corrected chi connectivity index (χ0v) is 16.7. The van der Waals surface area contributed by atoms with Crippen molar-refractivity contribution in [1.82, 2.24) is 0 Å². The van der Waals surface area contributed by atoms with E-state index in [1.807, 2.05) is 0 Å². The number of allylic oxidation sites excluding steroid dienone is 2. The molecular weight excluding hydrogens is 334 g/mol. The summed E-state index contributed by atoms with van der Waals surface area (Å²) in [7, 11) is 0. The van der Waals surface area contributed by atoms with Gasteiger partial charge in [-0.3, -0.25) is 0 Å². The van der Waals surface area contributed by atoms with E-state index in [0.29, 0.717) is 32.0 Å². The van der Waals surface area contributed by atoms with Crippen LogP contribution in [0.2, 0.25) is 0 Å². The summed E-state index contributed by atoms with van der Waals surface area (Å²) < 4.78 is 40.1. The first-order chi connectivity index (χ1) is 12.7. The van der Waals surface area contributed by atoms with Crippen LogP contribution >= 0.6 is 0 Å². The highest BCUT2D eigenvalue weighted by Crippen LogP contribution is 2.34. The van der Waals surface area contributed by atoms with Gasteiger partial charge in [0.1, 0.15) is 0 Å². The van der Waals surface area contributed by atoms with Gasteiger partial charge in [0.15, 0.2) is 12.3 Å². The molecular formula is C22H38F2O2. The molecule has 2 fully saturated rings. The first-order valence-corrected chi connectivity index (χ1v) is 10.8. The summed E-state index contributed by atoms with van der Waals surface area (Å²) in [4.78, 5) is 0. The van der Waals surface area contributed by atoms with Gasteiger partial charge in [0.25, 0.3) is 0 Å². The van der Waals surface area contributed by atoms with E-state index in [-0.39, 0.29) is 0 Å². The molecule has 26 heavy (non-hydrogen) atoms. The molecule has 152 valence electrons. The Bertz CT molecular complexity index is 394. The molecule has 4 unspecified atom stereocenters. The topological polar surface area (TPSA) is 18.5 Å². The quantitative estimate of drug-likeness (QED) is 0.336. The van der Waals surface area contributed by atoms with Crippen LogP contribution in [0.4, 0.5) is 8.78 Å². The Labute approximate surface area is 158 Å². The predicted molar refractivity (Wildman–Crippen MR) is 103 cm³/mol. The average Bonchev–Trinajstić information content (AvgIpc) is 2.66. The lowest BCUT2D eigenvalue weighted by atomic mass is 9.80. The van der Waals surface area contributed by atoms with Crippen LogP contribution in [0.5, 0.6) is 0 Å². The molecule has 0 aromatic heterocycles. The maximum absolute atomic E-state index is 14.4. The Morgan fingerprint density at radius 2 is 1.50 bits per heavy atom. The third-order valence-electron chi connectivity index (χ3n) is 6.07. The number of hydrogen-bond donors (Lipinski definition) is 0. The van der Waals surface area contributed by atoms with E-state index in [1.54, 1.807) is 0 Å². The maximum atomic E-state index is 14.4. The summed E-state index contributed by atoms with van der Waals surface area (Å²) in [5.74, 6) is 1.33. The monoisotopic (exact) mass is 372 g/mol. The minimum atomic E-state index is -1.55. The van der Waals surface area contributed by atoms with Crippen LogP contribution in [0, 0.1) is 11.8 Å². The fourth-order valence-corrected chi connectivity index (χ4v) is 4.23. The lowest BCUT2D eigenvalue weighted by Gasteiger charge is -2.36. The van der Waals surface area contributed by atoms with Gasteiger partial charge < -0.3 is 9.47 Å². The number of alkyl halides is 2. The molecule has 2 rings (SSSR count). The molecule has 0 N–H and O–H groups in total. The van der Waals surface area contributed by atoms with Gasteiger partial charge in [0, 0.05) is 13.2 Å². The zero-order chi connectivity index (χ0) is 18.8. The van der Waals surface area contributed by atoms with Crippen molar-refractivity contribution in [2.45, 2.75) is 103 Å². The summed E-state index contributed by atoms with van der Waals surface area (Å²) in [6.45, 7) is 5.24. The molecule has 0 aliphatic heterocycles. The Hall–Kier alpha value is -0.480. The van der Waals surface area contributed by atoms with Crippen LogP contribution in [-0.4, -0.2) is 37.8 Å². The third-order valence-corrected chi connectivity index (χ3v) is 6.07. The molecule has 0 saturated heterocycles. The summed E-state index contributed by atoms with van der Waals surface area (Å²) in [6.07, 6.45) is 10.4. The Kier molecular flexibility index (Phi) is 10.1. The van der Waals surface area contributed by atoms with Gasteiger partial charge in [-0.05, 0) is 63.7 Å². The summed E-state index contributed by atoms with van der Waals surface area (Å²) in [5.41, 5.74) is 0. The fourth-order valence-electron chi connectivity index (χ4n) is 4.23. The summed E-state index contributed by atoms with van der Waals surface area (Å²) >= 11 is 0. The predicted octanol–water partition coefficient (Wildman–Crippen LogP) is 6.19. The molecule has 4 heteroatoms. The lowest BCUT2D eigenvalue weighted by Crippen LogP contribution is -2.47. The maximum Gasteiger partial charge on any atom is 0.160 e. The second-order valence-electron chi connectivity index (χ2n) is 8.13. The van der Waals surface area contributed by atoms with Gasteiger partial charge in [0.2, 0.25) is 0 Å². The molecule has 0 radical (unpaired) electrons. The van der Waals surface area contributed by atoms with E-state index in [4.69, 9.17) is 9.47 Å². The molecule has 0 spiro atoms. The van der Waals surface area contributed by atoms with Crippen molar-refractivity contribution in [3.63, 3.8) is 0 Å². The summed E-state index contributed by atoms with van der Waals surface area (Å²) in [5, 5.41) is 0. The van der Waals surface area contributed by atoms with Crippen molar-refractivity contribution in [1.29, 1.82) is 0 Å². The van der Waals surface area contributed by atoms with Crippen LogP contribution in [-0.2, 0) is 9.47 Å². The van der Waals surface area contributed by atoms with Crippen molar-refractivity contribution < 1.29 is 18.3 Å². The Morgan fingerprint density at radius 1 is 0.885 bits per heavy atom. The Balaban J connectivity index is 1.64. The normalized spacial score (nSPS) is 35.8. The van der Waals surface area contributed by atoms with E-state index in [9.17, 15) is 8.78 Å². The van der Waals surface area contributed by atoms with E-state index < -0.39 is 24.6 Å². The first-order valence-electron chi connectivity index (χ1n) is 10.8.